The van der Waals surface area contributed by atoms with Gasteiger partial charge in [0.1, 0.15) is 13.2 Å². The van der Waals surface area contributed by atoms with E-state index in [2.05, 4.69) is 31.9 Å². The minimum atomic E-state index is -4.77. The third-order valence-electron chi connectivity index (χ3n) is 13.8. The normalized spacial score (nSPS) is 16.9. The molecule has 416 valence electrons. The molecule has 0 bridgehead atoms. The second-order valence-corrected chi connectivity index (χ2v) is 24.4. The number of nitrogens with one attached hydrogen (secondary N) is 6. The molecule has 0 fully saturated rings. The summed E-state index contributed by atoms with van der Waals surface area (Å²) in [6.07, 6.45) is 3.67. The lowest BCUT2D eigenvalue weighted by Gasteiger charge is -2.27. The van der Waals surface area contributed by atoms with Crippen LogP contribution in [-0.4, -0.2) is 117 Å². The molecule has 0 spiro atoms. The number of rotatable bonds is 21. The van der Waals surface area contributed by atoms with Crippen molar-refractivity contribution in [2.75, 3.05) is 72.4 Å². The molecular formula is C55H60N8O13S3. The van der Waals surface area contributed by atoms with Crippen LogP contribution in [0.1, 0.15) is 69.7 Å². The summed E-state index contributed by atoms with van der Waals surface area (Å²) in [6, 6.07) is 25.1. The van der Waals surface area contributed by atoms with Gasteiger partial charge in [0, 0.05) is 46.9 Å². The second-order valence-electron chi connectivity index (χ2n) is 19.8. The molecule has 5 aromatic carbocycles. The van der Waals surface area contributed by atoms with Crippen LogP contribution in [0, 0.1) is 0 Å². The number of amides is 6. The van der Waals surface area contributed by atoms with Crippen molar-refractivity contribution >= 4 is 95.6 Å². The third kappa shape index (κ3) is 12.8. The summed E-state index contributed by atoms with van der Waals surface area (Å²) in [4.78, 5) is 82.5. The zero-order valence-corrected chi connectivity index (χ0v) is 46.4. The lowest BCUT2D eigenvalue weighted by atomic mass is 10.1. The van der Waals surface area contributed by atoms with E-state index in [1.807, 2.05) is 49.3 Å². The van der Waals surface area contributed by atoms with Gasteiger partial charge in [0.15, 0.2) is 28.4 Å². The molecule has 0 aliphatic carbocycles. The third-order valence-corrected chi connectivity index (χ3v) is 17.6. The highest BCUT2D eigenvalue weighted by Crippen LogP contribution is 2.44. The molecule has 24 heteroatoms. The maximum Gasteiger partial charge on any atom is 0.288 e. The number of para-hydroxylation sites is 2. The summed E-state index contributed by atoms with van der Waals surface area (Å²) >= 11 is 0. The Bertz CT molecular complexity index is 3340. The summed E-state index contributed by atoms with van der Waals surface area (Å²) in [5.41, 5.74) is 5.65. The van der Waals surface area contributed by atoms with Gasteiger partial charge in [0.25, 0.3) is 21.9 Å². The summed E-state index contributed by atoms with van der Waals surface area (Å²) < 4.78 is 60.5. The number of carbonyl (C=O) groups is 6. The van der Waals surface area contributed by atoms with E-state index < -0.39 is 58.3 Å². The zero-order valence-electron chi connectivity index (χ0n) is 43.9. The number of benzene rings is 5. The van der Waals surface area contributed by atoms with Crippen molar-refractivity contribution in [3.05, 3.63) is 124 Å². The van der Waals surface area contributed by atoms with Crippen LogP contribution in [0.25, 0.3) is 0 Å². The smallest absolute Gasteiger partial charge is 0.288 e. The molecule has 7 N–H and O–H groups in total. The molecule has 4 heterocycles. The Morgan fingerprint density at radius 2 is 1.23 bits per heavy atom. The van der Waals surface area contributed by atoms with E-state index in [1.54, 1.807) is 76.2 Å². The van der Waals surface area contributed by atoms with Gasteiger partial charge in [-0.05, 0) is 104 Å². The van der Waals surface area contributed by atoms with Crippen LogP contribution in [0.5, 0.6) is 23.0 Å². The lowest BCUT2D eigenvalue weighted by molar-refractivity contribution is -0.128. The Morgan fingerprint density at radius 1 is 0.696 bits per heavy atom. The highest BCUT2D eigenvalue weighted by atomic mass is 33.1. The first kappa shape index (κ1) is 56.1. The maximum absolute atomic E-state index is 14.3. The summed E-state index contributed by atoms with van der Waals surface area (Å²) in [6.45, 7) is 3.05. The Kier molecular flexibility index (Phi) is 16.8. The van der Waals surface area contributed by atoms with Crippen molar-refractivity contribution < 1.29 is 60.7 Å². The molecular weight excluding hydrogens is 1080 g/mol. The van der Waals surface area contributed by atoms with Gasteiger partial charge in [0.2, 0.25) is 23.6 Å². The van der Waals surface area contributed by atoms with E-state index in [9.17, 15) is 41.7 Å². The van der Waals surface area contributed by atoms with Gasteiger partial charge >= 0.3 is 0 Å². The minimum absolute atomic E-state index is 0.0750. The Morgan fingerprint density at radius 3 is 1.82 bits per heavy atom. The molecule has 79 heavy (non-hydrogen) atoms. The van der Waals surface area contributed by atoms with E-state index in [-0.39, 0.29) is 83.6 Å². The number of carbonyl (C=O) groups excluding carboxylic acids is 6. The first-order valence-electron chi connectivity index (χ1n) is 25.3. The monoisotopic (exact) mass is 1140 g/mol. The number of hydrogen-bond acceptors (Lipinski definition) is 16. The van der Waals surface area contributed by atoms with Crippen LogP contribution in [0.4, 0.5) is 28.4 Å². The Labute approximate surface area is 464 Å². The lowest BCUT2D eigenvalue weighted by Crippen LogP contribution is -2.49. The number of ether oxygens (including phenoxy) is 4. The number of methoxy groups -OCH3 is 2. The fraction of sp³-hybridized carbons (Fsp3) is 0.345. The number of anilines is 5. The minimum Gasteiger partial charge on any atom is -0.493 e. The quantitative estimate of drug-likeness (QED) is 0.0332. The summed E-state index contributed by atoms with van der Waals surface area (Å²) in [5.74, 6) is -1.98. The summed E-state index contributed by atoms with van der Waals surface area (Å²) in [7, 11) is 1.35. The van der Waals surface area contributed by atoms with Crippen molar-refractivity contribution in [2.45, 2.75) is 74.9 Å². The topological polar surface area (TPSA) is 272 Å². The van der Waals surface area contributed by atoms with Crippen LogP contribution in [0.2, 0.25) is 0 Å². The van der Waals surface area contributed by atoms with Crippen LogP contribution in [0.3, 0.4) is 0 Å². The second kappa shape index (κ2) is 23.7. The maximum atomic E-state index is 14.3. The van der Waals surface area contributed by atoms with Crippen molar-refractivity contribution in [2.24, 2.45) is 0 Å². The molecule has 5 aromatic rings. The highest BCUT2D eigenvalue weighted by molar-refractivity contribution is 8.76. The number of nitrogens with zero attached hydrogens (tertiary/aromatic N) is 2. The summed E-state index contributed by atoms with van der Waals surface area (Å²) in [5, 5.41) is 15.0. The van der Waals surface area contributed by atoms with Crippen molar-refractivity contribution in [3.8, 4) is 23.0 Å². The van der Waals surface area contributed by atoms with Crippen LogP contribution in [0.15, 0.2) is 91.0 Å². The van der Waals surface area contributed by atoms with E-state index >= 15 is 0 Å². The molecule has 1 unspecified atom stereocenters. The molecule has 3 atom stereocenters. The first-order valence-corrected chi connectivity index (χ1v) is 29.3. The van der Waals surface area contributed by atoms with Gasteiger partial charge in [-0.15, -0.1) is 0 Å². The van der Waals surface area contributed by atoms with Gasteiger partial charge in [0.05, 0.1) is 68.4 Å². The predicted octanol–water partition coefficient (Wildman–Crippen LogP) is 5.93. The van der Waals surface area contributed by atoms with E-state index in [4.69, 9.17) is 18.9 Å². The van der Waals surface area contributed by atoms with Gasteiger partial charge < -0.3 is 60.6 Å². The van der Waals surface area contributed by atoms with Crippen LogP contribution in [-0.2, 0) is 55.4 Å². The van der Waals surface area contributed by atoms with Crippen molar-refractivity contribution in [1.29, 1.82) is 0 Å². The average molecular weight is 1140 g/mol. The standard InChI is InChI=1S/C55H60N8O13S3/c1-55(2,78-77-5)15-14-48(64)57-26-49(65)58-27-50(66)59-28-51(67)60-35-17-31(29-75-46-23-39-37(21-44(46)73-3)53(68)62-36(25-56-39)19-33-10-6-8-12-41(33)62)16-32(18-35)30-76-47-24-40-38(22-45(47)74-4)54(69)63-42-13-9-7-11-34(42)20-43(63)52(61-40)79(70,71)72/h6-13,16-18,21-24,36,43,52,56,61H,14-15,19-20,25-30H2,1-5H3,(H,57,64)(H,58,65)(H,59,66)(H,60,67)(H,70,71,72)/t36-,43-,52?/m0/s1. The first-order chi connectivity index (χ1) is 37.8. The molecule has 4 aliphatic heterocycles. The highest BCUT2D eigenvalue weighted by Gasteiger charge is 2.47. The molecule has 0 saturated heterocycles. The zero-order chi connectivity index (χ0) is 56.2. The molecule has 4 aliphatic rings. The SMILES string of the molecule is COc1cc2c(cc1OCc1cc(COc3cc4c(cc3OC)C(=O)N3c5ccccc5C[C@H]3C(S(=O)(=O)O)N4)cc(NC(=O)CNC(=O)CNC(=O)CNC(=O)CCC(C)(C)SSC)c1)NC[C@@H]1Cc3ccccc3N1C2=O. The average Bonchev–Trinajstić information content (AvgIpc) is 4.18. The Balaban J connectivity index is 0.915. The van der Waals surface area contributed by atoms with E-state index in [0.29, 0.717) is 59.0 Å². The molecule has 6 amide bonds. The fourth-order valence-corrected chi connectivity index (χ4v) is 13.2. The molecule has 0 radical (unpaired) electrons. The van der Waals surface area contributed by atoms with E-state index in [1.165, 1.54) is 31.3 Å². The molecule has 9 rings (SSSR count). The van der Waals surface area contributed by atoms with Gasteiger partial charge in [-0.3, -0.25) is 33.3 Å². The molecule has 0 aromatic heterocycles. The van der Waals surface area contributed by atoms with E-state index in [0.717, 1.165) is 16.8 Å². The Hall–Kier alpha value is -7.67. The molecule has 0 saturated carbocycles. The van der Waals surface area contributed by atoms with Crippen molar-refractivity contribution in [1.82, 2.24) is 16.0 Å². The van der Waals surface area contributed by atoms with Crippen LogP contribution < -0.4 is 60.6 Å². The fourth-order valence-electron chi connectivity index (χ4n) is 10.1. The van der Waals surface area contributed by atoms with Gasteiger partial charge in [-0.25, -0.2) is 0 Å². The largest absolute Gasteiger partial charge is 0.493 e. The molecule has 21 nitrogen and oxygen atoms in total. The van der Waals surface area contributed by atoms with Crippen molar-refractivity contribution in [3.63, 3.8) is 0 Å². The van der Waals surface area contributed by atoms with Gasteiger partial charge in [-0.1, -0.05) is 58.0 Å². The van der Waals surface area contributed by atoms with Crippen LogP contribution >= 0.6 is 21.6 Å². The van der Waals surface area contributed by atoms with Gasteiger partial charge in [-0.2, -0.15) is 8.42 Å². The number of hydrogen-bond donors (Lipinski definition) is 7. The number of fused-ring (bicyclic) bond motifs is 8. The predicted molar refractivity (Wildman–Crippen MR) is 302 cm³/mol.